The van der Waals surface area contributed by atoms with Crippen LogP contribution in [0.1, 0.15) is 30.6 Å². The van der Waals surface area contributed by atoms with E-state index in [1.165, 1.54) is 0 Å². The highest BCUT2D eigenvalue weighted by molar-refractivity contribution is 7.15. The van der Waals surface area contributed by atoms with Gasteiger partial charge in [-0.15, -0.1) is 11.3 Å². The molecule has 2 N–H and O–H groups in total. The van der Waals surface area contributed by atoms with Gasteiger partial charge in [0.25, 0.3) is 0 Å². The van der Waals surface area contributed by atoms with Crippen LogP contribution in [0.2, 0.25) is 5.02 Å². The number of fused-ring (bicyclic) bond motifs is 1. The normalized spacial score (nSPS) is 11.7. The number of benzene rings is 1. The molecule has 21 heavy (non-hydrogen) atoms. The van der Waals surface area contributed by atoms with Gasteiger partial charge in [0.2, 0.25) is 0 Å². The summed E-state index contributed by atoms with van der Waals surface area (Å²) in [6, 6.07) is 6.13. The maximum atomic E-state index is 6.09. The van der Waals surface area contributed by atoms with Crippen molar-refractivity contribution in [3.8, 4) is 10.7 Å². The van der Waals surface area contributed by atoms with Gasteiger partial charge in [-0.05, 0) is 39.0 Å². The Morgan fingerprint density at radius 1 is 1.33 bits per heavy atom. The zero-order valence-corrected chi connectivity index (χ0v) is 13.8. The van der Waals surface area contributed by atoms with Crippen LogP contribution in [0.5, 0.6) is 0 Å². The quantitative estimate of drug-likeness (QED) is 0.788. The third-order valence-corrected chi connectivity index (χ3v) is 4.80. The second-order valence-electron chi connectivity index (χ2n) is 5.26. The van der Waals surface area contributed by atoms with E-state index in [-0.39, 0.29) is 0 Å². The van der Waals surface area contributed by atoms with E-state index >= 15 is 0 Å². The number of imidazole rings is 1. The fourth-order valence-corrected chi connectivity index (χ4v) is 3.60. The second kappa shape index (κ2) is 5.40. The molecule has 0 aliphatic heterocycles. The van der Waals surface area contributed by atoms with Crippen LogP contribution in [0.25, 0.3) is 21.7 Å². The molecule has 4 nitrogen and oxygen atoms in total. The summed E-state index contributed by atoms with van der Waals surface area (Å²) in [5.74, 6) is 0.942. The molecule has 0 saturated heterocycles. The lowest BCUT2D eigenvalue weighted by Crippen LogP contribution is -2.02. The van der Waals surface area contributed by atoms with Crippen LogP contribution >= 0.6 is 22.9 Å². The Balaban J connectivity index is 2.30. The zero-order valence-electron chi connectivity index (χ0n) is 12.2. The Bertz CT molecular complexity index is 803. The molecule has 0 saturated carbocycles. The number of rotatable bonds is 3. The molecule has 1 aromatic carbocycles. The van der Waals surface area contributed by atoms with Crippen molar-refractivity contribution in [3.05, 3.63) is 33.9 Å². The highest BCUT2D eigenvalue weighted by atomic mass is 35.5. The maximum absolute atomic E-state index is 6.09. The van der Waals surface area contributed by atoms with Crippen molar-refractivity contribution in [2.75, 3.05) is 0 Å². The molecule has 0 fully saturated rings. The van der Waals surface area contributed by atoms with Gasteiger partial charge in [-0.1, -0.05) is 11.6 Å². The number of hydrogen-bond acceptors (Lipinski definition) is 4. The van der Waals surface area contributed by atoms with Crippen LogP contribution in [0.3, 0.4) is 0 Å². The van der Waals surface area contributed by atoms with Crippen LogP contribution in [-0.4, -0.2) is 14.5 Å². The molecule has 0 aliphatic rings. The van der Waals surface area contributed by atoms with Crippen molar-refractivity contribution in [1.29, 1.82) is 0 Å². The summed E-state index contributed by atoms with van der Waals surface area (Å²) in [6.07, 6.45) is 0. The maximum Gasteiger partial charge on any atom is 0.153 e. The van der Waals surface area contributed by atoms with Gasteiger partial charge in [0.05, 0.1) is 21.6 Å². The molecule has 0 bridgehead atoms. The molecule has 6 heteroatoms. The number of hydrogen-bond donors (Lipinski definition) is 1. The SMILES string of the molecule is Cc1nc(CN)sc1-c1nc2cc(Cl)ccc2n1C(C)C. The Morgan fingerprint density at radius 3 is 2.71 bits per heavy atom. The highest BCUT2D eigenvalue weighted by Crippen LogP contribution is 2.34. The van der Waals surface area contributed by atoms with Gasteiger partial charge in [-0.3, -0.25) is 0 Å². The summed E-state index contributed by atoms with van der Waals surface area (Å²) in [7, 11) is 0. The van der Waals surface area contributed by atoms with E-state index in [1.807, 2.05) is 25.1 Å². The van der Waals surface area contributed by atoms with Crippen molar-refractivity contribution in [3.63, 3.8) is 0 Å². The van der Waals surface area contributed by atoms with E-state index in [4.69, 9.17) is 22.3 Å². The minimum Gasteiger partial charge on any atom is -0.325 e. The largest absolute Gasteiger partial charge is 0.325 e. The Morgan fingerprint density at radius 2 is 2.10 bits per heavy atom. The lowest BCUT2D eigenvalue weighted by Gasteiger charge is -2.12. The first-order chi connectivity index (χ1) is 10.0. The number of aromatic nitrogens is 3. The first kappa shape index (κ1) is 14.5. The summed E-state index contributed by atoms with van der Waals surface area (Å²) in [5, 5.41) is 1.63. The topological polar surface area (TPSA) is 56.7 Å². The van der Waals surface area contributed by atoms with Crippen LogP contribution in [-0.2, 0) is 6.54 Å². The molecule has 0 unspecified atom stereocenters. The van der Waals surface area contributed by atoms with Gasteiger partial charge >= 0.3 is 0 Å². The fourth-order valence-electron chi connectivity index (χ4n) is 2.50. The van der Waals surface area contributed by atoms with E-state index in [2.05, 4.69) is 23.4 Å². The minimum absolute atomic E-state index is 0.300. The average molecular weight is 321 g/mol. The molecule has 2 heterocycles. The summed E-state index contributed by atoms with van der Waals surface area (Å²) in [4.78, 5) is 10.4. The smallest absolute Gasteiger partial charge is 0.153 e. The van der Waals surface area contributed by atoms with Crippen LogP contribution in [0, 0.1) is 6.92 Å². The first-order valence-corrected chi connectivity index (χ1v) is 8.05. The third-order valence-electron chi connectivity index (χ3n) is 3.39. The standard InChI is InChI=1S/C15H17ClN4S/c1-8(2)20-12-5-4-10(16)6-11(12)19-15(20)14-9(3)18-13(7-17)21-14/h4-6,8H,7,17H2,1-3H3. The van der Waals surface area contributed by atoms with E-state index in [1.54, 1.807) is 11.3 Å². The molecule has 2 aromatic heterocycles. The number of halogens is 1. The predicted octanol–water partition coefficient (Wildman–Crippen LogP) is 4.16. The van der Waals surface area contributed by atoms with Crippen molar-refractivity contribution in [2.45, 2.75) is 33.4 Å². The average Bonchev–Trinajstić information content (AvgIpc) is 2.98. The van der Waals surface area contributed by atoms with E-state index in [0.29, 0.717) is 17.6 Å². The first-order valence-electron chi connectivity index (χ1n) is 6.85. The molecule has 0 radical (unpaired) electrons. The zero-order chi connectivity index (χ0) is 15.1. The number of aryl methyl sites for hydroxylation is 1. The van der Waals surface area contributed by atoms with E-state index < -0.39 is 0 Å². The van der Waals surface area contributed by atoms with Gasteiger partial charge in [-0.25, -0.2) is 9.97 Å². The fraction of sp³-hybridized carbons (Fsp3) is 0.333. The Hall–Kier alpha value is -1.43. The molecule has 0 spiro atoms. The molecular weight excluding hydrogens is 304 g/mol. The van der Waals surface area contributed by atoms with Crippen LogP contribution in [0.4, 0.5) is 0 Å². The van der Waals surface area contributed by atoms with Crippen molar-refractivity contribution in [1.82, 2.24) is 14.5 Å². The number of nitrogens with two attached hydrogens (primary N) is 1. The van der Waals surface area contributed by atoms with E-state index in [9.17, 15) is 0 Å². The molecule has 3 aromatic rings. The summed E-state index contributed by atoms with van der Waals surface area (Å²) < 4.78 is 2.23. The molecule has 110 valence electrons. The van der Waals surface area contributed by atoms with Gasteiger partial charge in [-0.2, -0.15) is 0 Å². The van der Waals surface area contributed by atoms with E-state index in [0.717, 1.165) is 32.4 Å². The van der Waals surface area contributed by atoms with Crippen molar-refractivity contribution in [2.24, 2.45) is 5.73 Å². The van der Waals surface area contributed by atoms with Gasteiger partial charge in [0.15, 0.2) is 5.82 Å². The predicted molar refractivity (Wildman–Crippen MR) is 88.9 cm³/mol. The minimum atomic E-state index is 0.300. The highest BCUT2D eigenvalue weighted by Gasteiger charge is 2.19. The Kier molecular flexibility index (Phi) is 3.73. The summed E-state index contributed by atoms with van der Waals surface area (Å²) in [6.45, 7) is 6.76. The lowest BCUT2D eigenvalue weighted by molar-refractivity contribution is 0.625. The number of thiazole rings is 1. The molecule has 3 rings (SSSR count). The molecule has 0 atom stereocenters. The molecular formula is C15H17ClN4S. The van der Waals surface area contributed by atoms with Gasteiger partial charge in [0, 0.05) is 17.6 Å². The van der Waals surface area contributed by atoms with Gasteiger partial charge in [0.1, 0.15) is 5.01 Å². The molecule has 0 amide bonds. The van der Waals surface area contributed by atoms with Crippen molar-refractivity contribution < 1.29 is 0 Å². The second-order valence-corrected chi connectivity index (χ2v) is 6.78. The van der Waals surface area contributed by atoms with Crippen LogP contribution < -0.4 is 5.73 Å². The monoisotopic (exact) mass is 320 g/mol. The summed E-state index contributed by atoms with van der Waals surface area (Å²) >= 11 is 7.70. The van der Waals surface area contributed by atoms with Gasteiger partial charge < -0.3 is 10.3 Å². The number of nitrogens with zero attached hydrogens (tertiary/aromatic N) is 3. The van der Waals surface area contributed by atoms with Crippen molar-refractivity contribution >= 4 is 34.0 Å². The van der Waals surface area contributed by atoms with Crippen LogP contribution in [0.15, 0.2) is 18.2 Å². The molecule has 0 aliphatic carbocycles. The lowest BCUT2D eigenvalue weighted by atomic mass is 10.3. The summed E-state index contributed by atoms with van der Waals surface area (Å²) in [5.41, 5.74) is 8.68. The Labute approximate surface area is 132 Å². The third kappa shape index (κ3) is 2.46.